The van der Waals surface area contributed by atoms with E-state index in [1.165, 1.54) is 18.4 Å². The summed E-state index contributed by atoms with van der Waals surface area (Å²) in [7, 11) is 0. The molecular formula is C24H32N2O5. The van der Waals surface area contributed by atoms with E-state index in [-0.39, 0.29) is 46.6 Å². The number of hydrogen-bond acceptors (Lipinski definition) is 7. The number of furan rings is 1. The third-order valence-electron chi connectivity index (χ3n) is 4.55. The van der Waals surface area contributed by atoms with Crippen LogP contribution in [0.1, 0.15) is 64.1 Å². The normalized spacial score (nSPS) is 10.9. The molecule has 0 saturated heterocycles. The Kier molecular flexibility index (Phi) is 10.2. The van der Waals surface area contributed by atoms with Crippen molar-refractivity contribution in [2.24, 2.45) is 5.92 Å². The van der Waals surface area contributed by atoms with E-state index in [0.29, 0.717) is 12.2 Å². The van der Waals surface area contributed by atoms with Gasteiger partial charge in [0.1, 0.15) is 22.9 Å². The molecule has 0 fully saturated rings. The van der Waals surface area contributed by atoms with E-state index in [4.69, 9.17) is 4.42 Å². The number of ketones is 1. The second kappa shape index (κ2) is 12.4. The number of anilines is 3. The third-order valence-corrected chi connectivity index (χ3v) is 4.55. The molecule has 168 valence electrons. The molecule has 1 aromatic heterocycles. The zero-order valence-electron chi connectivity index (χ0n) is 19.0. The standard InChI is InChI=1S/C20H20N2O5.2C2H6/c1-3-11(2)17(23)13-7-4-8-14(18(13)24)22-16-15(19(25)20(16)26)21-10-12-6-5-9-27-12;2*1-2/h4-9,11,21-22,24H,3,10H2,1-2H3;2*1-2H3. The Hall–Kier alpha value is -3.35. The summed E-state index contributed by atoms with van der Waals surface area (Å²) < 4.78 is 5.18. The Labute approximate surface area is 182 Å². The lowest BCUT2D eigenvalue weighted by molar-refractivity contribution is 0.0924. The van der Waals surface area contributed by atoms with Gasteiger partial charge in [-0.1, -0.05) is 47.6 Å². The van der Waals surface area contributed by atoms with Crippen molar-refractivity contribution < 1.29 is 14.3 Å². The number of para-hydroxylation sites is 1. The Morgan fingerprint density at radius 2 is 1.68 bits per heavy atom. The van der Waals surface area contributed by atoms with Crippen molar-refractivity contribution in [2.75, 3.05) is 10.6 Å². The van der Waals surface area contributed by atoms with Crippen LogP contribution in [0, 0.1) is 5.92 Å². The number of carbonyl (C=O) groups is 1. The smallest absolute Gasteiger partial charge is 0.253 e. The Bertz CT molecular complexity index is 1030. The van der Waals surface area contributed by atoms with E-state index in [0.717, 1.165) is 0 Å². The lowest BCUT2D eigenvalue weighted by atomic mass is 9.96. The molecule has 7 heteroatoms. The molecule has 31 heavy (non-hydrogen) atoms. The second-order valence-electron chi connectivity index (χ2n) is 6.34. The fraction of sp³-hybridized carbons (Fsp3) is 0.375. The summed E-state index contributed by atoms with van der Waals surface area (Å²) in [4.78, 5) is 36.2. The number of rotatable bonds is 8. The van der Waals surface area contributed by atoms with E-state index in [1.807, 2.05) is 34.6 Å². The summed E-state index contributed by atoms with van der Waals surface area (Å²) in [6, 6.07) is 8.14. The average Bonchev–Trinajstić information content (AvgIpc) is 3.34. The van der Waals surface area contributed by atoms with Crippen molar-refractivity contribution in [3.05, 3.63) is 68.4 Å². The molecule has 0 radical (unpaired) electrons. The first kappa shape index (κ1) is 25.7. The van der Waals surface area contributed by atoms with E-state index in [2.05, 4.69) is 10.6 Å². The van der Waals surface area contributed by atoms with Crippen molar-refractivity contribution in [1.29, 1.82) is 0 Å². The van der Waals surface area contributed by atoms with Gasteiger partial charge in [-0.15, -0.1) is 0 Å². The van der Waals surface area contributed by atoms with Crippen molar-refractivity contribution in [2.45, 2.75) is 54.5 Å². The summed E-state index contributed by atoms with van der Waals surface area (Å²) in [5, 5.41) is 16.1. The highest BCUT2D eigenvalue weighted by molar-refractivity contribution is 6.02. The minimum atomic E-state index is -0.685. The number of benzene rings is 1. The largest absolute Gasteiger partial charge is 0.505 e. The van der Waals surface area contributed by atoms with E-state index in [9.17, 15) is 19.5 Å². The van der Waals surface area contributed by atoms with Crippen molar-refractivity contribution in [1.82, 2.24) is 0 Å². The first-order chi connectivity index (χ1) is 14.9. The van der Waals surface area contributed by atoms with Crippen molar-refractivity contribution in [3.63, 3.8) is 0 Å². The topological polar surface area (TPSA) is 109 Å². The molecule has 0 amide bonds. The van der Waals surface area contributed by atoms with Gasteiger partial charge in [-0.25, -0.2) is 0 Å². The number of aromatic hydroxyl groups is 1. The quantitative estimate of drug-likeness (QED) is 0.256. The number of phenols is 1. The predicted octanol–water partition coefficient (Wildman–Crippen LogP) is 5.22. The molecule has 0 aliphatic rings. The van der Waals surface area contributed by atoms with Gasteiger partial charge >= 0.3 is 0 Å². The maximum atomic E-state index is 12.4. The highest BCUT2D eigenvalue weighted by Gasteiger charge is 2.24. The summed E-state index contributed by atoms with van der Waals surface area (Å²) in [6.07, 6.45) is 2.16. The number of nitrogens with one attached hydrogen (secondary N) is 2. The summed E-state index contributed by atoms with van der Waals surface area (Å²) in [6.45, 7) is 11.9. The molecule has 0 saturated carbocycles. The fourth-order valence-corrected chi connectivity index (χ4v) is 2.70. The average molecular weight is 429 g/mol. The first-order valence-electron chi connectivity index (χ1n) is 10.7. The van der Waals surface area contributed by atoms with Crippen LogP contribution in [0.3, 0.4) is 0 Å². The van der Waals surface area contributed by atoms with Crippen molar-refractivity contribution in [3.8, 4) is 5.75 Å². The minimum absolute atomic E-state index is 0.0509. The summed E-state index contributed by atoms with van der Waals surface area (Å²) in [5.74, 6) is -0.0477. The minimum Gasteiger partial charge on any atom is -0.505 e. The molecule has 0 aliphatic carbocycles. The maximum absolute atomic E-state index is 12.4. The molecule has 3 N–H and O–H groups in total. The molecular weight excluding hydrogens is 396 g/mol. The van der Waals surface area contributed by atoms with Gasteiger partial charge in [0, 0.05) is 5.92 Å². The van der Waals surface area contributed by atoms with Crippen molar-refractivity contribution >= 4 is 22.8 Å². The molecule has 7 nitrogen and oxygen atoms in total. The van der Waals surface area contributed by atoms with Crippen LogP contribution in [0.2, 0.25) is 0 Å². The highest BCUT2D eigenvalue weighted by Crippen LogP contribution is 2.33. The molecule has 3 rings (SSSR count). The highest BCUT2D eigenvalue weighted by atomic mass is 16.3. The number of phenolic OH excluding ortho intramolecular Hbond substituents is 1. The van der Waals surface area contributed by atoms with Crippen LogP contribution < -0.4 is 21.5 Å². The Morgan fingerprint density at radius 1 is 1.03 bits per heavy atom. The van der Waals surface area contributed by atoms with Crippen LogP contribution in [0.15, 0.2) is 50.6 Å². The van der Waals surface area contributed by atoms with E-state index >= 15 is 0 Å². The number of Topliss-reactive ketones (excluding diaryl/α,β-unsaturated/α-hetero) is 1. The van der Waals surface area contributed by atoms with Crippen LogP contribution in [-0.4, -0.2) is 10.9 Å². The zero-order valence-corrected chi connectivity index (χ0v) is 19.0. The third kappa shape index (κ3) is 5.84. The second-order valence-corrected chi connectivity index (χ2v) is 6.34. The van der Waals surface area contributed by atoms with Crippen LogP contribution >= 0.6 is 0 Å². The predicted molar refractivity (Wildman–Crippen MR) is 125 cm³/mol. The van der Waals surface area contributed by atoms with Gasteiger partial charge in [0.25, 0.3) is 10.9 Å². The molecule has 0 aliphatic heterocycles. The Morgan fingerprint density at radius 3 is 2.26 bits per heavy atom. The van der Waals surface area contributed by atoms with E-state index in [1.54, 1.807) is 25.1 Å². The molecule has 2 aromatic carbocycles. The molecule has 3 aromatic rings. The molecule has 0 bridgehead atoms. The monoisotopic (exact) mass is 428 g/mol. The van der Waals surface area contributed by atoms with Gasteiger partial charge in [0.05, 0.1) is 24.1 Å². The molecule has 0 spiro atoms. The van der Waals surface area contributed by atoms with Crippen LogP contribution in [0.5, 0.6) is 5.75 Å². The SMILES string of the molecule is CC.CC.CCC(C)C(=O)c1cccc(Nc2c(NCc3ccco3)c(=O)c2=O)c1O. The van der Waals surface area contributed by atoms with Gasteiger partial charge in [-0.2, -0.15) is 0 Å². The number of carbonyl (C=O) groups excluding carboxylic acids is 1. The summed E-state index contributed by atoms with van der Waals surface area (Å²) >= 11 is 0. The van der Waals surface area contributed by atoms with Crippen LogP contribution in [0.25, 0.3) is 0 Å². The van der Waals surface area contributed by atoms with Gasteiger partial charge < -0.3 is 20.2 Å². The van der Waals surface area contributed by atoms with Crippen LogP contribution in [-0.2, 0) is 6.54 Å². The molecule has 1 atom stereocenters. The van der Waals surface area contributed by atoms with Gasteiger partial charge in [0.15, 0.2) is 5.78 Å². The zero-order chi connectivity index (χ0) is 23.6. The van der Waals surface area contributed by atoms with E-state index < -0.39 is 10.9 Å². The maximum Gasteiger partial charge on any atom is 0.253 e. The summed E-state index contributed by atoms with van der Waals surface area (Å²) in [5.41, 5.74) is -0.787. The number of hydrogen-bond donors (Lipinski definition) is 3. The van der Waals surface area contributed by atoms with Gasteiger partial charge in [-0.3, -0.25) is 14.4 Å². The Balaban J connectivity index is 0.00000113. The molecule has 1 unspecified atom stereocenters. The lowest BCUT2D eigenvalue weighted by Crippen LogP contribution is -2.36. The lowest BCUT2D eigenvalue weighted by Gasteiger charge is -2.17. The van der Waals surface area contributed by atoms with Gasteiger partial charge in [0.2, 0.25) is 0 Å². The fourth-order valence-electron chi connectivity index (χ4n) is 2.70. The van der Waals surface area contributed by atoms with Crippen LogP contribution in [0.4, 0.5) is 17.1 Å². The molecule has 1 heterocycles. The van der Waals surface area contributed by atoms with Gasteiger partial charge in [-0.05, 0) is 30.7 Å². The first-order valence-corrected chi connectivity index (χ1v) is 10.7.